The number of nitrogens with two attached hydrogens (primary N) is 1. The van der Waals surface area contributed by atoms with Crippen LogP contribution in [0.25, 0.3) is 0 Å². The largest absolute Gasteiger partial charge is 0.493 e. The Balaban J connectivity index is 2.32. The van der Waals surface area contributed by atoms with E-state index in [2.05, 4.69) is 13.8 Å². The summed E-state index contributed by atoms with van der Waals surface area (Å²) in [7, 11) is 1.85. The van der Waals surface area contributed by atoms with Gasteiger partial charge in [-0.3, -0.25) is 4.79 Å². The predicted octanol–water partition coefficient (Wildman–Crippen LogP) is 2.68. The van der Waals surface area contributed by atoms with Gasteiger partial charge in [0.15, 0.2) is 0 Å². The number of amides is 1. The number of rotatable bonds is 7. The molecule has 1 amide bonds. The summed E-state index contributed by atoms with van der Waals surface area (Å²) in [5, 5.41) is 0. The van der Waals surface area contributed by atoms with Crippen molar-refractivity contribution in [2.75, 3.05) is 19.4 Å². The van der Waals surface area contributed by atoms with Gasteiger partial charge in [-0.2, -0.15) is 0 Å². The van der Waals surface area contributed by atoms with Gasteiger partial charge in [0.25, 0.3) is 0 Å². The van der Waals surface area contributed by atoms with Crippen molar-refractivity contribution in [3.8, 4) is 5.75 Å². The van der Waals surface area contributed by atoms with Crippen molar-refractivity contribution in [3.63, 3.8) is 0 Å². The molecule has 0 aromatic heterocycles. The number of benzene rings is 1. The Morgan fingerprint density at radius 1 is 1.37 bits per heavy atom. The third-order valence-corrected chi connectivity index (χ3v) is 3.23. The van der Waals surface area contributed by atoms with E-state index >= 15 is 0 Å². The molecule has 0 fully saturated rings. The average Bonchev–Trinajstić information content (AvgIpc) is 2.40. The third kappa shape index (κ3) is 5.20. The lowest BCUT2D eigenvalue weighted by atomic mass is 10.1. The first-order chi connectivity index (χ1) is 9.04. The Labute approximate surface area is 115 Å². The van der Waals surface area contributed by atoms with Crippen LogP contribution >= 0.6 is 0 Å². The van der Waals surface area contributed by atoms with Crippen LogP contribution in [0.2, 0.25) is 0 Å². The molecule has 106 valence electrons. The fourth-order valence-corrected chi connectivity index (χ4v) is 1.85. The molecule has 0 heterocycles. The number of carbonyl (C=O) groups is 1. The molecule has 0 bridgehead atoms. The number of anilines is 1. The summed E-state index contributed by atoms with van der Waals surface area (Å²) >= 11 is 0. The summed E-state index contributed by atoms with van der Waals surface area (Å²) in [4.78, 5) is 13.7. The maximum absolute atomic E-state index is 11.9. The molecular formula is C15H24N2O2. The molecule has 1 atom stereocenters. The Morgan fingerprint density at radius 2 is 2.00 bits per heavy atom. The minimum Gasteiger partial charge on any atom is -0.493 e. The van der Waals surface area contributed by atoms with Crippen molar-refractivity contribution >= 4 is 11.6 Å². The predicted molar refractivity (Wildman–Crippen MR) is 78.1 cm³/mol. The van der Waals surface area contributed by atoms with E-state index in [1.807, 2.05) is 19.2 Å². The third-order valence-electron chi connectivity index (χ3n) is 3.23. The SMILES string of the molecule is CCCC(C)N(C)C(=O)CCOc1ccc(N)cc1. The molecule has 1 rings (SSSR count). The van der Waals surface area contributed by atoms with E-state index < -0.39 is 0 Å². The summed E-state index contributed by atoms with van der Waals surface area (Å²) in [6, 6.07) is 7.47. The number of nitrogens with zero attached hydrogens (tertiary/aromatic N) is 1. The van der Waals surface area contributed by atoms with Gasteiger partial charge in [0.05, 0.1) is 13.0 Å². The molecule has 0 aliphatic heterocycles. The Morgan fingerprint density at radius 3 is 2.58 bits per heavy atom. The van der Waals surface area contributed by atoms with Gasteiger partial charge in [-0.1, -0.05) is 13.3 Å². The van der Waals surface area contributed by atoms with Crippen LogP contribution < -0.4 is 10.5 Å². The van der Waals surface area contributed by atoms with E-state index in [0.29, 0.717) is 18.7 Å². The summed E-state index contributed by atoms with van der Waals surface area (Å²) in [6.07, 6.45) is 2.51. The molecular weight excluding hydrogens is 240 g/mol. The van der Waals surface area contributed by atoms with Gasteiger partial charge < -0.3 is 15.4 Å². The van der Waals surface area contributed by atoms with Crippen LogP contribution in [0.15, 0.2) is 24.3 Å². The Bertz CT molecular complexity index is 390. The van der Waals surface area contributed by atoms with Crippen molar-refractivity contribution in [1.82, 2.24) is 4.90 Å². The fraction of sp³-hybridized carbons (Fsp3) is 0.533. The zero-order valence-electron chi connectivity index (χ0n) is 12.1. The summed E-state index contributed by atoms with van der Waals surface area (Å²) in [5.41, 5.74) is 6.29. The normalized spacial score (nSPS) is 11.9. The number of carbonyl (C=O) groups excluding carboxylic acids is 1. The highest BCUT2D eigenvalue weighted by Gasteiger charge is 2.14. The van der Waals surface area contributed by atoms with Crippen molar-refractivity contribution in [2.45, 2.75) is 39.2 Å². The van der Waals surface area contributed by atoms with E-state index in [0.717, 1.165) is 18.6 Å². The maximum atomic E-state index is 11.9. The first kappa shape index (κ1) is 15.3. The van der Waals surface area contributed by atoms with Crippen molar-refractivity contribution in [1.29, 1.82) is 0 Å². The van der Waals surface area contributed by atoms with Gasteiger partial charge in [-0.15, -0.1) is 0 Å². The van der Waals surface area contributed by atoms with Crippen LogP contribution in [0.3, 0.4) is 0 Å². The molecule has 0 saturated heterocycles. The second kappa shape index (κ2) is 7.67. The van der Waals surface area contributed by atoms with Crippen molar-refractivity contribution in [3.05, 3.63) is 24.3 Å². The van der Waals surface area contributed by atoms with E-state index in [4.69, 9.17) is 10.5 Å². The molecule has 0 aliphatic carbocycles. The molecule has 0 spiro atoms. The van der Waals surface area contributed by atoms with Crippen LogP contribution in [0, 0.1) is 0 Å². The zero-order chi connectivity index (χ0) is 14.3. The fourth-order valence-electron chi connectivity index (χ4n) is 1.85. The minimum atomic E-state index is 0.122. The van der Waals surface area contributed by atoms with Gasteiger partial charge in [0.2, 0.25) is 5.91 Å². The van der Waals surface area contributed by atoms with Crippen LogP contribution in [-0.2, 0) is 4.79 Å². The highest BCUT2D eigenvalue weighted by atomic mass is 16.5. The maximum Gasteiger partial charge on any atom is 0.225 e. The molecule has 0 radical (unpaired) electrons. The molecule has 1 aromatic carbocycles. The second-order valence-electron chi connectivity index (χ2n) is 4.81. The monoisotopic (exact) mass is 264 g/mol. The standard InChI is InChI=1S/C15H24N2O2/c1-4-5-12(2)17(3)15(18)10-11-19-14-8-6-13(16)7-9-14/h6-9,12H,4-5,10-11,16H2,1-3H3. The van der Waals surface area contributed by atoms with Gasteiger partial charge in [0, 0.05) is 18.8 Å². The van der Waals surface area contributed by atoms with Crippen LogP contribution in [0.1, 0.15) is 33.1 Å². The molecule has 2 N–H and O–H groups in total. The number of ether oxygens (including phenoxy) is 1. The number of nitrogen functional groups attached to an aromatic ring is 1. The molecule has 0 aliphatic rings. The average molecular weight is 264 g/mol. The second-order valence-corrected chi connectivity index (χ2v) is 4.81. The number of hydrogen-bond donors (Lipinski definition) is 1. The van der Waals surface area contributed by atoms with E-state index in [1.165, 1.54) is 0 Å². The van der Waals surface area contributed by atoms with Gasteiger partial charge in [0.1, 0.15) is 5.75 Å². The highest BCUT2D eigenvalue weighted by Crippen LogP contribution is 2.13. The molecule has 4 nitrogen and oxygen atoms in total. The van der Waals surface area contributed by atoms with E-state index in [-0.39, 0.29) is 11.9 Å². The van der Waals surface area contributed by atoms with E-state index in [9.17, 15) is 4.79 Å². The van der Waals surface area contributed by atoms with Gasteiger partial charge in [-0.05, 0) is 37.6 Å². The first-order valence-corrected chi connectivity index (χ1v) is 6.78. The molecule has 19 heavy (non-hydrogen) atoms. The topological polar surface area (TPSA) is 55.6 Å². The smallest absolute Gasteiger partial charge is 0.225 e. The first-order valence-electron chi connectivity index (χ1n) is 6.78. The van der Waals surface area contributed by atoms with Crippen LogP contribution in [0.5, 0.6) is 5.75 Å². The minimum absolute atomic E-state index is 0.122. The number of hydrogen-bond acceptors (Lipinski definition) is 3. The van der Waals surface area contributed by atoms with Crippen molar-refractivity contribution < 1.29 is 9.53 Å². The Hall–Kier alpha value is -1.71. The highest BCUT2D eigenvalue weighted by molar-refractivity contribution is 5.76. The lowest BCUT2D eigenvalue weighted by Crippen LogP contribution is -2.35. The summed E-state index contributed by atoms with van der Waals surface area (Å²) in [5.74, 6) is 0.864. The molecule has 1 aromatic rings. The van der Waals surface area contributed by atoms with Crippen LogP contribution in [-0.4, -0.2) is 30.5 Å². The van der Waals surface area contributed by atoms with Gasteiger partial charge >= 0.3 is 0 Å². The quantitative estimate of drug-likeness (QED) is 0.770. The molecule has 4 heteroatoms. The zero-order valence-corrected chi connectivity index (χ0v) is 12.1. The van der Waals surface area contributed by atoms with Crippen molar-refractivity contribution in [2.24, 2.45) is 0 Å². The molecule has 0 saturated carbocycles. The van der Waals surface area contributed by atoms with Gasteiger partial charge in [-0.25, -0.2) is 0 Å². The summed E-state index contributed by atoms with van der Waals surface area (Å²) < 4.78 is 5.52. The lowest BCUT2D eigenvalue weighted by Gasteiger charge is -2.24. The Kier molecular flexibility index (Phi) is 6.19. The van der Waals surface area contributed by atoms with E-state index in [1.54, 1.807) is 17.0 Å². The lowest BCUT2D eigenvalue weighted by molar-refractivity contribution is -0.132. The summed E-state index contributed by atoms with van der Waals surface area (Å²) in [6.45, 7) is 4.59. The van der Waals surface area contributed by atoms with Crippen LogP contribution in [0.4, 0.5) is 5.69 Å². The molecule has 1 unspecified atom stereocenters.